The van der Waals surface area contributed by atoms with Crippen LogP contribution in [0, 0.1) is 20.8 Å². The number of anilines is 1. The standard InChI is InChI=1S/C12H17NO2.C2H5NO2/c1-7-5-9(3)11(6-8(7)2)13-10(4)12(14)15;3-1-2(4)5/h5-6,10,13H,1-4H3,(H,14,15);1,3H2,(H,4,5)/t10-;/m0./s1. The Labute approximate surface area is 118 Å². The van der Waals surface area contributed by atoms with Gasteiger partial charge in [-0.25, -0.2) is 0 Å². The maximum atomic E-state index is 10.7. The molecule has 0 saturated heterocycles. The van der Waals surface area contributed by atoms with Gasteiger partial charge in [-0.05, 0) is 50.5 Å². The molecule has 5 N–H and O–H groups in total. The molecule has 0 aliphatic carbocycles. The van der Waals surface area contributed by atoms with Gasteiger partial charge in [-0.2, -0.15) is 0 Å². The fourth-order valence-electron chi connectivity index (χ4n) is 1.41. The molecule has 0 amide bonds. The van der Waals surface area contributed by atoms with Crippen molar-refractivity contribution in [2.45, 2.75) is 33.7 Å². The number of carbonyl (C=O) groups is 2. The molecular weight excluding hydrogens is 260 g/mol. The van der Waals surface area contributed by atoms with Crippen molar-refractivity contribution in [2.75, 3.05) is 11.9 Å². The van der Waals surface area contributed by atoms with Gasteiger partial charge in [-0.3, -0.25) is 9.59 Å². The van der Waals surface area contributed by atoms with E-state index in [9.17, 15) is 9.59 Å². The van der Waals surface area contributed by atoms with Crippen LogP contribution in [0.3, 0.4) is 0 Å². The van der Waals surface area contributed by atoms with Crippen molar-refractivity contribution >= 4 is 17.6 Å². The summed E-state index contributed by atoms with van der Waals surface area (Å²) in [7, 11) is 0. The summed E-state index contributed by atoms with van der Waals surface area (Å²) in [6.07, 6.45) is 0. The second kappa shape index (κ2) is 8.16. The van der Waals surface area contributed by atoms with Crippen LogP contribution in [0.2, 0.25) is 0 Å². The summed E-state index contributed by atoms with van der Waals surface area (Å²) in [6, 6.07) is 3.49. The van der Waals surface area contributed by atoms with Gasteiger partial charge in [0.1, 0.15) is 6.04 Å². The Hall–Kier alpha value is -2.08. The first-order chi connectivity index (χ1) is 9.18. The van der Waals surface area contributed by atoms with Crippen molar-refractivity contribution in [3.63, 3.8) is 0 Å². The molecule has 0 aliphatic rings. The molecule has 0 heterocycles. The third-order valence-electron chi connectivity index (χ3n) is 2.76. The fraction of sp³-hybridized carbons (Fsp3) is 0.429. The van der Waals surface area contributed by atoms with E-state index >= 15 is 0 Å². The number of nitrogens with two attached hydrogens (primary N) is 1. The van der Waals surface area contributed by atoms with Crippen LogP contribution in [0.4, 0.5) is 5.69 Å². The fourth-order valence-corrected chi connectivity index (χ4v) is 1.41. The number of hydrogen-bond acceptors (Lipinski definition) is 4. The van der Waals surface area contributed by atoms with Crippen molar-refractivity contribution in [3.05, 3.63) is 28.8 Å². The van der Waals surface area contributed by atoms with E-state index in [2.05, 4.69) is 17.1 Å². The summed E-state index contributed by atoms with van der Waals surface area (Å²) in [5.41, 5.74) is 8.93. The van der Waals surface area contributed by atoms with Gasteiger partial charge in [0.25, 0.3) is 0 Å². The van der Waals surface area contributed by atoms with Gasteiger partial charge in [0.2, 0.25) is 0 Å². The minimum Gasteiger partial charge on any atom is -0.480 e. The van der Waals surface area contributed by atoms with Crippen molar-refractivity contribution in [1.82, 2.24) is 0 Å². The van der Waals surface area contributed by atoms with E-state index in [1.165, 1.54) is 11.1 Å². The predicted octanol–water partition coefficient (Wildman–Crippen LogP) is 1.53. The molecule has 1 atom stereocenters. The maximum Gasteiger partial charge on any atom is 0.325 e. The molecule has 0 aliphatic heterocycles. The quantitative estimate of drug-likeness (QED) is 0.666. The lowest BCUT2D eigenvalue weighted by atomic mass is 10.0. The molecule has 0 unspecified atom stereocenters. The van der Waals surface area contributed by atoms with E-state index in [0.717, 1.165) is 11.3 Å². The zero-order valence-electron chi connectivity index (χ0n) is 12.2. The number of hydrogen-bond donors (Lipinski definition) is 4. The Balaban J connectivity index is 0.000000621. The molecular formula is C14H22N2O4. The largest absolute Gasteiger partial charge is 0.480 e. The summed E-state index contributed by atoms with van der Waals surface area (Å²) in [5, 5.41) is 19.4. The highest BCUT2D eigenvalue weighted by molar-refractivity contribution is 5.77. The van der Waals surface area contributed by atoms with Crippen LogP contribution in [-0.2, 0) is 9.59 Å². The van der Waals surface area contributed by atoms with E-state index in [0.29, 0.717) is 0 Å². The summed E-state index contributed by atoms with van der Waals surface area (Å²) in [5.74, 6) is -1.81. The molecule has 20 heavy (non-hydrogen) atoms. The third kappa shape index (κ3) is 6.19. The van der Waals surface area contributed by atoms with Crippen molar-refractivity contribution in [2.24, 2.45) is 5.73 Å². The third-order valence-corrected chi connectivity index (χ3v) is 2.76. The van der Waals surface area contributed by atoms with E-state index in [4.69, 9.17) is 10.2 Å². The van der Waals surface area contributed by atoms with Crippen LogP contribution in [-0.4, -0.2) is 34.7 Å². The molecule has 1 aromatic rings. The molecule has 0 radical (unpaired) electrons. The molecule has 6 nitrogen and oxygen atoms in total. The Kier molecular flexibility index (Phi) is 7.31. The van der Waals surface area contributed by atoms with Gasteiger partial charge >= 0.3 is 11.9 Å². The van der Waals surface area contributed by atoms with Gasteiger partial charge < -0.3 is 21.3 Å². The first kappa shape index (κ1) is 17.9. The van der Waals surface area contributed by atoms with Crippen LogP contribution in [0.1, 0.15) is 23.6 Å². The molecule has 0 saturated carbocycles. The van der Waals surface area contributed by atoms with E-state index in [1.807, 2.05) is 26.8 Å². The van der Waals surface area contributed by atoms with Gasteiger partial charge in [0.15, 0.2) is 0 Å². The average molecular weight is 282 g/mol. The molecule has 1 rings (SSSR count). The lowest BCUT2D eigenvalue weighted by Crippen LogP contribution is -2.25. The number of benzene rings is 1. The lowest BCUT2D eigenvalue weighted by molar-refractivity contribution is -0.137. The van der Waals surface area contributed by atoms with Gasteiger partial charge in [0.05, 0.1) is 6.54 Å². The van der Waals surface area contributed by atoms with E-state index < -0.39 is 18.0 Å². The molecule has 6 heteroatoms. The van der Waals surface area contributed by atoms with Crippen LogP contribution < -0.4 is 11.1 Å². The highest BCUT2D eigenvalue weighted by Gasteiger charge is 2.11. The minimum absolute atomic E-state index is 0.278. The molecule has 0 aromatic heterocycles. The Bertz CT molecular complexity index is 486. The molecule has 112 valence electrons. The number of carboxylic acid groups (broad SMARTS) is 2. The smallest absolute Gasteiger partial charge is 0.325 e. The summed E-state index contributed by atoms with van der Waals surface area (Å²) < 4.78 is 0. The number of nitrogens with one attached hydrogen (secondary N) is 1. The molecule has 0 bridgehead atoms. The number of aryl methyl sites for hydroxylation is 3. The topological polar surface area (TPSA) is 113 Å². The van der Waals surface area contributed by atoms with Gasteiger partial charge in [-0.1, -0.05) is 6.07 Å². The van der Waals surface area contributed by atoms with Crippen LogP contribution in [0.5, 0.6) is 0 Å². The Morgan fingerprint density at radius 2 is 1.60 bits per heavy atom. The maximum absolute atomic E-state index is 10.7. The van der Waals surface area contributed by atoms with Crippen molar-refractivity contribution in [1.29, 1.82) is 0 Å². The molecule has 0 spiro atoms. The normalized spacial score (nSPS) is 11.1. The highest BCUT2D eigenvalue weighted by Crippen LogP contribution is 2.20. The van der Waals surface area contributed by atoms with Crippen molar-refractivity contribution in [3.8, 4) is 0 Å². The van der Waals surface area contributed by atoms with E-state index in [-0.39, 0.29) is 6.54 Å². The van der Waals surface area contributed by atoms with Gasteiger partial charge in [0, 0.05) is 5.69 Å². The summed E-state index contributed by atoms with van der Waals surface area (Å²) >= 11 is 0. The average Bonchev–Trinajstić information content (AvgIpc) is 2.36. The highest BCUT2D eigenvalue weighted by atomic mass is 16.4. The number of rotatable bonds is 4. The minimum atomic E-state index is -0.968. The number of carboxylic acids is 2. The van der Waals surface area contributed by atoms with Gasteiger partial charge in [-0.15, -0.1) is 0 Å². The second-order valence-electron chi connectivity index (χ2n) is 4.55. The molecule has 0 fully saturated rings. The van der Waals surface area contributed by atoms with E-state index in [1.54, 1.807) is 6.92 Å². The zero-order valence-corrected chi connectivity index (χ0v) is 12.2. The Morgan fingerprint density at radius 1 is 1.15 bits per heavy atom. The van der Waals surface area contributed by atoms with Crippen molar-refractivity contribution < 1.29 is 19.8 Å². The number of aliphatic carboxylic acids is 2. The monoisotopic (exact) mass is 282 g/mol. The zero-order chi connectivity index (χ0) is 15.9. The molecule has 1 aromatic carbocycles. The summed E-state index contributed by atoms with van der Waals surface area (Å²) in [4.78, 5) is 19.9. The first-order valence-corrected chi connectivity index (χ1v) is 6.18. The summed E-state index contributed by atoms with van der Waals surface area (Å²) in [6.45, 7) is 7.40. The van der Waals surface area contributed by atoms with Crippen LogP contribution in [0.25, 0.3) is 0 Å². The van der Waals surface area contributed by atoms with Crippen LogP contribution in [0.15, 0.2) is 12.1 Å². The lowest BCUT2D eigenvalue weighted by Gasteiger charge is -2.15. The first-order valence-electron chi connectivity index (χ1n) is 6.18. The SMILES string of the molecule is Cc1cc(C)c(N[C@@H](C)C(=O)O)cc1C.NCC(=O)O. The van der Waals surface area contributed by atoms with Crippen LogP contribution >= 0.6 is 0 Å². The predicted molar refractivity (Wildman–Crippen MR) is 78.1 cm³/mol. The Morgan fingerprint density at radius 3 is 2.00 bits per heavy atom. The second-order valence-corrected chi connectivity index (χ2v) is 4.55.